The van der Waals surface area contributed by atoms with E-state index in [2.05, 4.69) is 10.6 Å². The molecule has 3 aromatic carbocycles. The summed E-state index contributed by atoms with van der Waals surface area (Å²) in [5, 5.41) is 15.2. The molecule has 0 saturated heterocycles. The van der Waals surface area contributed by atoms with Gasteiger partial charge in [0.25, 0.3) is 5.91 Å². The molecule has 1 amide bonds. The van der Waals surface area contributed by atoms with Gasteiger partial charge in [0.1, 0.15) is 5.82 Å². The minimum atomic E-state index is -3.52. The van der Waals surface area contributed by atoms with Gasteiger partial charge < -0.3 is 20.6 Å². The molecule has 0 saturated carbocycles. The highest BCUT2D eigenvalue weighted by atomic mass is 32.2. The van der Waals surface area contributed by atoms with Crippen LogP contribution in [-0.4, -0.2) is 63.2 Å². The third-order valence-electron chi connectivity index (χ3n) is 6.79. The van der Waals surface area contributed by atoms with Crippen molar-refractivity contribution in [2.75, 3.05) is 47.9 Å². The first-order chi connectivity index (χ1) is 20.0. The lowest BCUT2D eigenvalue weighted by atomic mass is 9.97. The van der Waals surface area contributed by atoms with Crippen molar-refractivity contribution in [2.45, 2.75) is 26.2 Å². The van der Waals surface area contributed by atoms with Crippen LogP contribution < -0.4 is 14.9 Å². The molecule has 0 atom stereocenters. The Balaban J connectivity index is 1.75. The van der Waals surface area contributed by atoms with E-state index in [0.717, 1.165) is 5.56 Å². The van der Waals surface area contributed by atoms with E-state index in [4.69, 9.17) is 5.11 Å². The maximum atomic E-state index is 13.9. The smallest absolute Gasteiger partial charge is 0.303 e. The number of amides is 1. The van der Waals surface area contributed by atoms with E-state index in [1.54, 1.807) is 30.3 Å². The van der Waals surface area contributed by atoms with Gasteiger partial charge in [-0.1, -0.05) is 25.1 Å². The van der Waals surface area contributed by atoms with Gasteiger partial charge in [0.15, 0.2) is 0 Å². The van der Waals surface area contributed by atoms with Crippen LogP contribution in [0.25, 0.3) is 11.3 Å². The van der Waals surface area contributed by atoms with Crippen LogP contribution in [0.3, 0.4) is 0 Å². The van der Waals surface area contributed by atoms with Crippen LogP contribution in [0.4, 0.5) is 21.5 Å². The van der Waals surface area contributed by atoms with Crippen LogP contribution in [0, 0.1) is 5.82 Å². The van der Waals surface area contributed by atoms with E-state index >= 15 is 0 Å². The number of carbonyl (C=O) groups excluding carboxylic acids is 1. The Hall–Kier alpha value is -4.22. The minimum absolute atomic E-state index is 0.0318. The van der Waals surface area contributed by atoms with Gasteiger partial charge in [0.05, 0.1) is 28.4 Å². The van der Waals surface area contributed by atoms with Crippen LogP contribution in [-0.2, 0) is 26.0 Å². The van der Waals surface area contributed by atoms with E-state index < -0.39 is 27.7 Å². The largest absolute Gasteiger partial charge is 0.481 e. The molecule has 1 heterocycles. The quantitative estimate of drug-likeness (QED) is 0.241. The fraction of sp³-hybridized carbons (Fsp3) is 0.290. The number of carboxylic acid groups (broad SMARTS) is 1. The van der Waals surface area contributed by atoms with E-state index in [1.807, 2.05) is 44.1 Å². The number of carbonyl (C=O) groups is 2. The predicted molar refractivity (Wildman–Crippen MR) is 164 cm³/mol. The Morgan fingerprint density at radius 3 is 2.43 bits per heavy atom. The average molecular weight is 595 g/mol. The molecule has 3 N–H and O–H groups in total. The first kappa shape index (κ1) is 30.7. The zero-order valence-electron chi connectivity index (χ0n) is 23.9. The molecule has 3 aromatic rings. The molecule has 9 nitrogen and oxygen atoms in total. The molecule has 0 bridgehead atoms. The van der Waals surface area contributed by atoms with E-state index in [9.17, 15) is 22.4 Å². The molecule has 0 aromatic heterocycles. The number of sulfonamides is 1. The number of carboxylic acids is 1. The number of likely N-dealkylation sites (N-methyl/N-ethyl adjacent to an activating group) is 1. The number of fused-ring (bicyclic) bond motifs is 1. The molecule has 222 valence electrons. The number of benzene rings is 3. The lowest BCUT2D eigenvalue weighted by Crippen LogP contribution is -2.38. The maximum Gasteiger partial charge on any atom is 0.303 e. The van der Waals surface area contributed by atoms with Gasteiger partial charge in [-0.2, -0.15) is 0 Å². The van der Waals surface area contributed by atoms with Crippen LogP contribution in [0.15, 0.2) is 66.7 Å². The minimum Gasteiger partial charge on any atom is -0.481 e. The second kappa shape index (κ2) is 13.2. The zero-order chi connectivity index (χ0) is 30.4. The Labute approximate surface area is 245 Å². The lowest BCUT2D eigenvalue weighted by Gasteiger charge is -2.26. The van der Waals surface area contributed by atoms with Crippen molar-refractivity contribution in [3.63, 3.8) is 0 Å². The number of halogens is 1. The van der Waals surface area contributed by atoms with Gasteiger partial charge in [-0.05, 0) is 86.6 Å². The van der Waals surface area contributed by atoms with E-state index in [0.29, 0.717) is 65.4 Å². The molecule has 42 heavy (non-hydrogen) atoms. The van der Waals surface area contributed by atoms with E-state index in [1.165, 1.54) is 22.5 Å². The second-order valence-electron chi connectivity index (χ2n) is 10.4. The van der Waals surface area contributed by atoms with Crippen LogP contribution >= 0.6 is 0 Å². The summed E-state index contributed by atoms with van der Waals surface area (Å²) in [6.45, 7) is 2.67. The Kier molecular flexibility index (Phi) is 9.64. The predicted octanol–water partition coefficient (Wildman–Crippen LogP) is 4.88. The molecule has 0 unspecified atom stereocenters. The molecule has 0 radical (unpaired) electrons. The van der Waals surface area contributed by atoms with Crippen LogP contribution in [0.1, 0.15) is 36.5 Å². The van der Waals surface area contributed by atoms with Crippen molar-refractivity contribution in [3.8, 4) is 0 Å². The summed E-state index contributed by atoms with van der Waals surface area (Å²) in [7, 11) is 0.246. The summed E-state index contributed by atoms with van der Waals surface area (Å²) in [5.74, 6) is -1.77. The number of aliphatic carboxylic acids is 1. The van der Waals surface area contributed by atoms with Crippen molar-refractivity contribution in [2.24, 2.45) is 0 Å². The van der Waals surface area contributed by atoms with Crippen molar-refractivity contribution in [3.05, 3.63) is 89.2 Å². The highest BCUT2D eigenvalue weighted by molar-refractivity contribution is 7.92. The Morgan fingerprint density at radius 1 is 1.02 bits per heavy atom. The molecule has 4 rings (SSSR count). The SMILES string of the molecule is CCCS(=O)(=O)N(CCN(C)C)c1ccc(N/C(=C2\C(=O)Nc3cc(F)ccc32)c2cccc(CCC(=O)O)c2)cc1. The summed E-state index contributed by atoms with van der Waals surface area (Å²) < 4.78 is 41.5. The fourth-order valence-electron chi connectivity index (χ4n) is 4.75. The molecule has 0 spiro atoms. The Morgan fingerprint density at radius 2 is 1.76 bits per heavy atom. The monoisotopic (exact) mass is 594 g/mol. The summed E-state index contributed by atoms with van der Waals surface area (Å²) in [6.07, 6.45) is 0.762. The molecule has 11 heteroatoms. The number of anilines is 3. The lowest BCUT2D eigenvalue weighted by molar-refractivity contribution is -0.137. The molecule has 0 fully saturated rings. The fourth-order valence-corrected chi connectivity index (χ4v) is 6.29. The number of nitrogens with one attached hydrogen (secondary N) is 2. The summed E-state index contributed by atoms with van der Waals surface area (Å²) >= 11 is 0. The van der Waals surface area contributed by atoms with Gasteiger partial charge in [-0.15, -0.1) is 0 Å². The van der Waals surface area contributed by atoms with E-state index in [-0.39, 0.29) is 12.2 Å². The molecular weight excluding hydrogens is 559 g/mol. The first-order valence-electron chi connectivity index (χ1n) is 13.7. The second-order valence-corrected chi connectivity index (χ2v) is 12.4. The average Bonchev–Trinajstić information content (AvgIpc) is 3.25. The molecule has 1 aliphatic heterocycles. The first-order valence-corrected chi connectivity index (χ1v) is 15.3. The van der Waals surface area contributed by atoms with Gasteiger partial charge in [-0.3, -0.25) is 13.9 Å². The highest BCUT2D eigenvalue weighted by Gasteiger charge is 2.29. The third kappa shape index (κ3) is 7.34. The molecular formula is C31H35FN4O5S. The summed E-state index contributed by atoms with van der Waals surface area (Å²) in [4.78, 5) is 26.3. The van der Waals surface area contributed by atoms with Crippen molar-refractivity contribution in [1.82, 2.24) is 4.90 Å². The normalized spacial score (nSPS) is 14.0. The number of hydrogen-bond acceptors (Lipinski definition) is 6. The third-order valence-corrected chi connectivity index (χ3v) is 8.78. The van der Waals surface area contributed by atoms with Gasteiger partial charge >= 0.3 is 5.97 Å². The summed E-state index contributed by atoms with van der Waals surface area (Å²) in [5.41, 5.74) is 4.18. The van der Waals surface area contributed by atoms with Crippen molar-refractivity contribution in [1.29, 1.82) is 0 Å². The number of rotatable bonds is 13. The molecule has 1 aliphatic rings. The van der Waals surface area contributed by atoms with Gasteiger partial charge in [-0.25, -0.2) is 12.8 Å². The van der Waals surface area contributed by atoms with Crippen molar-refractivity contribution >= 4 is 50.2 Å². The number of aryl methyl sites for hydroxylation is 1. The standard InChI is InChI=1S/C31H35FN4O5S/c1-4-18-42(40,41)36(17-16-35(2)3)25-12-10-24(11-13-25)33-30(22-7-5-6-21(19-22)8-15-28(37)38)29-26-14-9-23(32)20-27(26)34-31(29)39/h5-7,9-14,19-20,33H,4,8,15-18H2,1-3H3,(H,34,39)(H,37,38)/b30-29-. The maximum absolute atomic E-state index is 13.9. The Bertz CT molecular complexity index is 1600. The van der Waals surface area contributed by atoms with Crippen molar-refractivity contribution < 1.29 is 27.5 Å². The summed E-state index contributed by atoms with van der Waals surface area (Å²) in [6, 6.07) is 18.2. The number of nitrogens with zero attached hydrogens (tertiary/aromatic N) is 2. The van der Waals surface area contributed by atoms with Crippen LogP contribution in [0.2, 0.25) is 0 Å². The number of hydrogen-bond donors (Lipinski definition) is 3. The molecule has 0 aliphatic carbocycles. The van der Waals surface area contributed by atoms with Gasteiger partial charge in [0, 0.05) is 30.8 Å². The van der Waals surface area contributed by atoms with Gasteiger partial charge in [0.2, 0.25) is 10.0 Å². The zero-order valence-corrected chi connectivity index (χ0v) is 24.7. The highest BCUT2D eigenvalue weighted by Crippen LogP contribution is 2.38. The topological polar surface area (TPSA) is 119 Å². The van der Waals surface area contributed by atoms with Crippen LogP contribution in [0.5, 0.6) is 0 Å².